The number of nitrogens with one attached hydrogen (secondary N) is 1. The predicted molar refractivity (Wildman–Crippen MR) is 200 cm³/mol. The van der Waals surface area contributed by atoms with E-state index in [1.54, 1.807) is 6.07 Å². The number of carbonyl (C=O) groups excluding carboxylic acids is 2. The number of nitrogens with zero attached hydrogens (tertiary/aromatic N) is 5. The molecule has 4 N–H and O–H groups in total. The van der Waals surface area contributed by atoms with Crippen molar-refractivity contribution in [1.82, 2.24) is 24.6 Å². The van der Waals surface area contributed by atoms with Gasteiger partial charge in [-0.25, -0.2) is 4.68 Å². The van der Waals surface area contributed by atoms with Crippen LogP contribution >= 0.6 is 0 Å². The number of likely N-dealkylation sites (tertiary alicyclic amines) is 1. The largest absolute Gasteiger partial charge is 0.483 e. The van der Waals surface area contributed by atoms with Crippen molar-refractivity contribution in [3.05, 3.63) is 75.5 Å². The highest BCUT2D eigenvalue weighted by Gasteiger charge is 2.24. The molecule has 50 heavy (non-hydrogen) atoms. The minimum atomic E-state index is -0.250. The van der Waals surface area contributed by atoms with E-state index in [2.05, 4.69) is 70.2 Å². The summed E-state index contributed by atoms with van der Waals surface area (Å²) in [6.07, 6.45) is 8.22. The van der Waals surface area contributed by atoms with E-state index in [0.717, 1.165) is 81.0 Å². The van der Waals surface area contributed by atoms with Crippen molar-refractivity contribution in [2.45, 2.75) is 85.0 Å². The topological polar surface area (TPSA) is 158 Å². The standard InChI is InChI=1S/C28H41N5O2.C8H11NO.CH5N.CH2O2/c1-4-24(21-30-10-6-7-11-30)25-18-26(20-27(19-25)33-23(3)17-22(2)29-33)31-12-14-32(15-13-31)28(35)9-5-8-16-34;1-2-4-7-5-3-6-8(10)9-7;1-2;2-1-3/h16-20,24H,4-15,21H2,1-3H3;3,5-6H,2,4H2,1H3,(H,9,10);2H2,1H3;1H,(H,2,3). The second-order valence-electron chi connectivity index (χ2n) is 12.6. The van der Waals surface area contributed by atoms with Crippen LogP contribution in [0.2, 0.25) is 0 Å². The van der Waals surface area contributed by atoms with E-state index < -0.39 is 0 Å². The number of carbonyl (C=O) groups is 3. The molecule has 2 aliphatic rings. The molecule has 276 valence electrons. The van der Waals surface area contributed by atoms with E-state index in [4.69, 9.17) is 15.0 Å². The molecule has 1 atom stereocenters. The number of nitrogens with two attached hydrogens (primary N) is 1. The number of aryl methyl sites for hydroxylation is 3. The summed E-state index contributed by atoms with van der Waals surface area (Å²) in [5.41, 5.74) is 11.4. The molecule has 5 rings (SSSR count). The van der Waals surface area contributed by atoms with Crippen LogP contribution in [-0.2, 0) is 20.8 Å². The molecule has 0 aliphatic carbocycles. The van der Waals surface area contributed by atoms with Crippen molar-refractivity contribution in [3.8, 4) is 5.69 Å². The Morgan fingerprint density at radius 3 is 2.20 bits per heavy atom. The minimum absolute atomic E-state index is 0.00838. The van der Waals surface area contributed by atoms with Gasteiger partial charge in [0.2, 0.25) is 11.5 Å². The number of anilines is 1. The molecule has 4 heterocycles. The van der Waals surface area contributed by atoms with Gasteiger partial charge in [-0.3, -0.25) is 14.4 Å². The molecule has 2 aliphatic heterocycles. The Bertz CT molecular complexity index is 1490. The highest BCUT2D eigenvalue weighted by Crippen LogP contribution is 2.31. The molecule has 12 heteroatoms. The van der Waals surface area contributed by atoms with Crippen LogP contribution < -0.4 is 16.2 Å². The molecule has 12 nitrogen and oxygen atoms in total. The van der Waals surface area contributed by atoms with Crippen molar-refractivity contribution in [2.24, 2.45) is 5.73 Å². The molecule has 2 fully saturated rings. The molecule has 1 aromatic carbocycles. The van der Waals surface area contributed by atoms with Crippen LogP contribution in [0.5, 0.6) is 0 Å². The van der Waals surface area contributed by atoms with Crippen molar-refractivity contribution in [3.63, 3.8) is 0 Å². The molecule has 0 saturated carbocycles. The molecule has 2 saturated heterocycles. The van der Waals surface area contributed by atoms with Gasteiger partial charge in [-0.2, -0.15) is 5.10 Å². The van der Waals surface area contributed by atoms with Gasteiger partial charge in [0.05, 0.1) is 11.4 Å². The molecule has 1 amide bonds. The average Bonchev–Trinajstić information content (AvgIpc) is 3.77. The van der Waals surface area contributed by atoms with Crippen LogP contribution in [-0.4, -0.2) is 101 Å². The first kappa shape index (κ1) is 41.9. The fraction of sp³-hybridized carbons (Fsp3) is 0.553. The Morgan fingerprint density at radius 1 is 0.980 bits per heavy atom. The summed E-state index contributed by atoms with van der Waals surface area (Å²) >= 11 is 0. The number of aromatic amines is 1. The van der Waals surface area contributed by atoms with Gasteiger partial charge in [0.1, 0.15) is 6.29 Å². The quantitative estimate of drug-likeness (QED) is 0.181. The lowest BCUT2D eigenvalue weighted by molar-refractivity contribution is -0.131. The van der Waals surface area contributed by atoms with E-state index >= 15 is 0 Å². The van der Waals surface area contributed by atoms with E-state index in [9.17, 15) is 14.4 Å². The Morgan fingerprint density at radius 2 is 1.64 bits per heavy atom. The van der Waals surface area contributed by atoms with Crippen LogP contribution in [0.4, 0.5) is 5.69 Å². The van der Waals surface area contributed by atoms with Gasteiger partial charge >= 0.3 is 0 Å². The number of aromatic nitrogens is 3. The summed E-state index contributed by atoms with van der Waals surface area (Å²) < 4.78 is 2.07. The molecule has 3 aromatic rings. The fourth-order valence-electron chi connectivity index (χ4n) is 6.41. The smallest absolute Gasteiger partial charge is 0.290 e. The van der Waals surface area contributed by atoms with E-state index in [-0.39, 0.29) is 17.9 Å². The zero-order valence-electron chi connectivity index (χ0n) is 30.8. The Kier molecular flexibility index (Phi) is 19.4. The number of aldehydes is 1. The summed E-state index contributed by atoms with van der Waals surface area (Å²) in [5, 5.41) is 11.7. The van der Waals surface area contributed by atoms with Gasteiger partial charge in [-0.15, -0.1) is 0 Å². The Hall–Kier alpha value is -4.29. The summed E-state index contributed by atoms with van der Waals surface area (Å²) in [6.45, 7) is 14.9. The molecule has 1 unspecified atom stereocenters. The van der Waals surface area contributed by atoms with Crippen molar-refractivity contribution in [1.29, 1.82) is 0 Å². The van der Waals surface area contributed by atoms with Gasteiger partial charge in [0.25, 0.3) is 6.47 Å². The SMILES string of the molecule is CCC(CN1CCCC1)c1cc(N2CCN(C(=O)CCCC=O)CC2)cc(-n2nc(C)cc2C)c1.CCCc1cccc(=O)[nH]1.CN.O=CO. The number of benzene rings is 1. The molecule has 0 bridgehead atoms. The average molecular weight is 694 g/mol. The number of hydrogen-bond acceptors (Lipinski definition) is 8. The summed E-state index contributed by atoms with van der Waals surface area (Å²) in [4.78, 5) is 51.9. The van der Waals surface area contributed by atoms with Crippen molar-refractivity contribution in [2.75, 3.05) is 57.8 Å². The summed E-state index contributed by atoms with van der Waals surface area (Å²) in [6, 6.07) is 14.3. The normalized spacial score (nSPS) is 14.7. The lowest BCUT2D eigenvalue weighted by Crippen LogP contribution is -2.48. The molecular weight excluding hydrogens is 634 g/mol. The molecule has 2 aromatic heterocycles. The third kappa shape index (κ3) is 13.5. The van der Waals surface area contributed by atoms with Crippen LogP contribution in [0.3, 0.4) is 0 Å². The fourth-order valence-corrected chi connectivity index (χ4v) is 6.41. The lowest BCUT2D eigenvalue weighted by atomic mass is 9.94. The first-order valence-electron chi connectivity index (χ1n) is 17.9. The van der Waals surface area contributed by atoms with Gasteiger partial charge < -0.3 is 35.3 Å². The highest BCUT2D eigenvalue weighted by atomic mass is 16.3. The number of carboxylic acid groups (broad SMARTS) is 1. The Balaban J connectivity index is 0.000000484. The zero-order valence-corrected chi connectivity index (χ0v) is 30.8. The summed E-state index contributed by atoms with van der Waals surface area (Å²) in [7, 11) is 1.50. The lowest BCUT2D eigenvalue weighted by Gasteiger charge is -2.37. The number of amides is 1. The molecule has 0 spiro atoms. The maximum atomic E-state index is 12.5. The first-order chi connectivity index (χ1) is 24.2. The van der Waals surface area contributed by atoms with Gasteiger partial charge in [0, 0.05) is 68.7 Å². The van der Waals surface area contributed by atoms with Crippen LogP contribution in [0.25, 0.3) is 5.69 Å². The first-order valence-corrected chi connectivity index (χ1v) is 17.9. The molecular formula is C38H59N7O5. The number of pyridine rings is 1. The number of hydrogen-bond donors (Lipinski definition) is 3. The van der Waals surface area contributed by atoms with Gasteiger partial charge in [-0.1, -0.05) is 26.3 Å². The monoisotopic (exact) mass is 693 g/mol. The zero-order chi connectivity index (χ0) is 36.9. The number of piperazine rings is 1. The number of rotatable bonds is 12. The third-order valence-electron chi connectivity index (χ3n) is 8.88. The molecule has 0 radical (unpaired) electrons. The third-order valence-corrected chi connectivity index (χ3v) is 8.88. The number of H-pyrrole nitrogens is 1. The van der Waals surface area contributed by atoms with Gasteiger partial charge in [0.15, 0.2) is 0 Å². The highest BCUT2D eigenvalue weighted by molar-refractivity contribution is 5.76. The van der Waals surface area contributed by atoms with Crippen LogP contribution in [0.15, 0.2) is 47.3 Å². The number of unbranched alkanes of at least 4 members (excludes halogenated alkanes) is 1. The van der Waals surface area contributed by atoms with Gasteiger partial charge in [-0.05, 0) is 108 Å². The van der Waals surface area contributed by atoms with Crippen LogP contribution in [0, 0.1) is 13.8 Å². The predicted octanol–water partition coefficient (Wildman–Crippen LogP) is 4.70. The second kappa shape index (κ2) is 23.2. The maximum Gasteiger partial charge on any atom is 0.290 e. The summed E-state index contributed by atoms with van der Waals surface area (Å²) in [5.74, 6) is 0.657. The second-order valence-corrected chi connectivity index (χ2v) is 12.6. The van der Waals surface area contributed by atoms with Crippen molar-refractivity contribution >= 4 is 24.4 Å². The van der Waals surface area contributed by atoms with Crippen molar-refractivity contribution < 1.29 is 19.5 Å². The Labute approximate surface area is 297 Å². The van der Waals surface area contributed by atoms with Crippen LogP contribution in [0.1, 0.15) is 87.4 Å². The van der Waals surface area contributed by atoms with E-state index in [1.165, 1.54) is 50.3 Å². The van der Waals surface area contributed by atoms with E-state index in [1.807, 2.05) is 17.9 Å². The van der Waals surface area contributed by atoms with E-state index in [0.29, 0.717) is 25.2 Å². The maximum absolute atomic E-state index is 12.5. The minimum Gasteiger partial charge on any atom is -0.483 e.